The Morgan fingerprint density at radius 2 is 1.38 bits per heavy atom. The highest BCUT2D eigenvalue weighted by Gasteiger charge is 2.28. The summed E-state index contributed by atoms with van der Waals surface area (Å²) in [6, 6.07) is 24.0. The van der Waals surface area contributed by atoms with Crippen LogP contribution in [0.5, 0.6) is 11.5 Å². The molecule has 0 unspecified atom stereocenters. The third kappa shape index (κ3) is 9.90. The normalized spacial score (nSPS) is 12.0. The van der Waals surface area contributed by atoms with Gasteiger partial charge in [0.25, 0.3) is 5.91 Å². The highest BCUT2D eigenvalue weighted by Crippen LogP contribution is 2.15. The van der Waals surface area contributed by atoms with Crippen LogP contribution in [-0.4, -0.2) is 48.5 Å². The molecule has 3 aromatic carbocycles. The Kier molecular flexibility index (Phi) is 12.0. The van der Waals surface area contributed by atoms with Crippen LogP contribution in [0.1, 0.15) is 39.5 Å². The molecule has 0 radical (unpaired) electrons. The first-order chi connectivity index (χ1) is 21.9. The van der Waals surface area contributed by atoms with Crippen molar-refractivity contribution in [2.75, 3.05) is 13.7 Å². The molecule has 0 saturated carbocycles. The van der Waals surface area contributed by atoms with Gasteiger partial charge in [-0.05, 0) is 47.4 Å². The molecule has 10 nitrogen and oxygen atoms in total. The van der Waals surface area contributed by atoms with Crippen LogP contribution in [0.15, 0.2) is 97.3 Å². The summed E-state index contributed by atoms with van der Waals surface area (Å²) in [6.45, 7) is 3.14. The minimum absolute atomic E-state index is 0.175. The second kappa shape index (κ2) is 16.6. The van der Waals surface area contributed by atoms with Crippen molar-refractivity contribution >= 4 is 17.7 Å². The topological polar surface area (TPSA) is 145 Å². The Labute approximate surface area is 263 Å². The van der Waals surface area contributed by atoms with E-state index in [1.54, 1.807) is 6.07 Å². The maximum atomic E-state index is 13.9. The number of benzene rings is 3. The number of ether oxygens (including phenoxy) is 2. The largest absolute Gasteiger partial charge is 0.495 e. The lowest BCUT2D eigenvalue weighted by Crippen LogP contribution is -2.55. The molecule has 0 saturated heterocycles. The first-order valence-corrected chi connectivity index (χ1v) is 14.8. The van der Waals surface area contributed by atoms with Crippen LogP contribution in [0, 0.1) is 0 Å². The van der Waals surface area contributed by atoms with Gasteiger partial charge in [-0.1, -0.05) is 66.7 Å². The molecule has 0 fully saturated rings. The lowest BCUT2D eigenvalue weighted by Gasteiger charge is -2.24. The zero-order valence-corrected chi connectivity index (χ0v) is 25.5. The molecule has 0 bridgehead atoms. The second-order valence-corrected chi connectivity index (χ2v) is 10.4. The summed E-state index contributed by atoms with van der Waals surface area (Å²) in [7, 11) is 1.48. The fourth-order valence-corrected chi connectivity index (χ4v) is 4.67. The van der Waals surface area contributed by atoms with Gasteiger partial charge in [0.2, 0.25) is 11.8 Å². The highest BCUT2D eigenvalue weighted by atomic mass is 16.5. The maximum Gasteiger partial charge on any atom is 0.253 e. The number of nitrogens with zero attached hydrogens (tertiary/aromatic N) is 1. The molecule has 234 valence electrons. The number of hydrogen-bond donors (Lipinski definition) is 4. The molecule has 2 atom stereocenters. The molecule has 4 rings (SSSR count). The van der Waals surface area contributed by atoms with E-state index in [0.717, 1.165) is 22.3 Å². The second-order valence-electron chi connectivity index (χ2n) is 10.4. The third-order valence-electron chi connectivity index (χ3n) is 7.15. The van der Waals surface area contributed by atoms with Gasteiger partial charge in [0.1, 0.15) is 23.6 Å². The van der Waals surface area contributed by atoms with Crippen molar-refractivity contribution in [3.05, 3.63) is 125 Å². The molecule has 4 aromatic rings. The first-order valence-electron chi connectivity index (χ1n) is 14.8. The van der Waals surface area contributed by atoms with Gasteiger partial charge in [-0.25, -0.2) is 0 Å². The molecule has 0 aliphatic rings. The van der Waals surface area contributed by atoms with E-state index < -0.39 is 23.9 Å². The molecule has 0 aliphatic carbocycles. The summed E-state index contributed by atoms with van der Waals surface area (Å²) < 4.78 is 10.7. The van der Waals surface area contributed by atoms with Gasteiger partial charge in [-0.15, -0.1) is 0 Å². The molecule has 1 heterocycles. The molecule has 0 aliphatic heterocycles. The molecule has 1 aromatic heterocycles. The molecule has 45 heavy (non-hydrogen) atoms. The van der Waals surface area contributed by atoms with Crippen LogP contribution in [0.2, 0.25) is 0 Å². The minimum atomic E-state index is -1.00. The maximum absolute atomic E-state index is 13.9. The van der Waals surface area contributed by atoms with E-state index in [0.29, 0.717) is 24.7 Å². The highest BCUT2D eigenvalue weighted by molar-refractivity contribution is 5.98. The lowest BCUT2D eigenvalue weighted by atomic mass is 10.0. The van der Waals surface area contributed by atoms with Gasteiger partial charge < -0.3 is 31.2 Å². The predicted molar refractivity (Wildman–Crippen MR) is 172 cm³/mol. The van der Waals surface area contributed by atoms with Crippen molar-refractivity contribution < 1.29 is 23.9 Å². The SMILES string of the molecule is CCOc1ccc(C[C@@H](NC(=O)c2cncc(OC)c2)C(=O)N[C@@H](Cc2ccccc2)C(=O)NCc2ccc(CN)cc2)cc1. The summed E-state index contributed by atoms with van der Waals surface area (Å²) in [6.07, 6.45) is 3.32. The van der Waals surface area contributed by atoms with E-state index in [9.17, 15) is 14.4 Å². The van der Waals surface area contributed by atoms with Gasteiger partial charge in [-0.2, -0.15) is 0 Å². The van der Waals surface area contributed by atoms with Crippen LogP contribution in [0.4, 0.5) is 0 Å². The number of aromatic nitrogens is 1. The van der Waals surface area contributed by atoms with Crippen LogP contribution in [0.3, 0.4) is 0 Å². The number of carbonyl (C=O) groups is 3. The van der Waals surface area contributed by atoms with E-state index in [-0.39, 0.29) is 30.9 Å². The van der Waals surface area contributed by atoms with E-state index in [1.807, 2.05) is 85.8 Å². The molecule has 10 heteroatoms. The van der Waals surface area contributed by atoms with Crippen molar-refractivity contribution in [2.24, 2.45) is 5.73 Å². The van der Waals surface area contributed by atoms with E-state index in [1.165, 1.54) is 19.5 Å². The number of methoxy groups -OCH3 is 1. The van der Waals surface area contributed by atoms with E-state index >= 15 is 0 Å². The van der Waals surface area contributed by atoms with Crippen molar-refractivity contribution in [1.82, 2.24) is 20.9 Å². The molecule has 5 N–H and O–H groups in total. The number of nitrogens with two attached hydrogens (primary N) is 1. The molecular formula is C35H39N5O5. The molecule has 3 amide bonds. The number of nitrogens with one attached hydrogen (secondary N) is 3. The smallest absolute Gasteiger partial charge is 0.253 e. The summed E-state index contributed by atoms with van der Waals surface area (Å²) >= 11 is 0. The average molecular weight is 610 g/mol. The number of rotatable bonds is 15. The van der Waals surface area contributed by atoms with Crippen molar-refractivity contribution in [3.8, 4) is 11.5 Å². The van der Waals surface area contributed by atoms with Crippen molar-refractivity contribution in [1.29, 1.82) is 0 Å². The third-order valence-corrected chi connectivity index (χ3v) is 7.15. The summed E-state index contributed by atoms with van der Waals surface area (Å²) in [4.78, 5) is 44.7. The van der Waals surface area contributed by atoms with E-state index in [4.69, 9.17) is 15.2 Å². The van der Waals surface area contributed by atoms with Crippen LogP contribution in [0.25, 0.3) is 0 Å². The number of carbonyl (C=O) groups excluding carboxylic acids is 3. The van der Waals surface area contributed by atoms with Gasteiger partial charge in [0.05, 0.1) is 25.5 Å². The summed E-state index contributed by atoms with van der Waals surface area (Å²) in [5.41, 5.74) is 9.50. The Morgan fingerprint density at radius 3 is 2.02 bits per heavy atom. The molecule has 0 spiro atoms. The zero-order valence-electron chi connectivity index (χ0n) is 25.5. The summed E-state index contributed by atoms with van der Waals surface area (Å²) in [5, 5.41) is 8.67. The predicted octanol–water partition coefficient (Wildman–Crippen LogP) is 3.33. The Balaban J connectivity index is 1.55. The number of amides is 3. The molecular weight excluding hydrogens is 570 g/mol. The van der Waals surface area contributed by atoms with Crippen molar-refractivity contribution in [3.63, 3.8) is 0 Å². The monoisotopic (exact) mass is 609 g/mol. The fourth-order valence-electron chi connectivity index (χ4n) is 4.67. The lowest BCUT2D eigenvalue weighted by molar-refractivity contribution is -0.130. The minimum Gasteiger partial charge on any atom is -0.495 e. The number of pyridine rings is 1. The first kappa shape index (κ1) is 32.7. The Hall–Kier alpha value is -5.22. The van der Waals surface area contributed by atoms with Crippen molar-refractivity contribution in [2.45, 2.75) is 44.9 Å². The van der Waals surface area contributed by atoms with E-state index in [2.05, 4.69) is 20.9 Å². The number of hydrogen-bond acceptors (Lipinski definition) is 7. The van der Waals surface area contributed by atoms with Crippen LogP contribution < -0.4 is 31.2 Å². The quantitative estimate of drug-likeness (QED) is 0.162. The summed E-state index contributed by atoms with van der Waals surface area (Å²) in [5.74, 6) is -0.245. The van der Waals surface area contributed by atoms with Crippen LogP contribution >= 0.6 is 0 Å². The van der Waals surface area contributed by atoms with Gasteiger partial charge in [-0.3, -0.25) is 19.4 Å². The van der Waals surface area contributed by atoms with Gasteiger partial charge in [0, 0.05) is 32.1 Å². The Bertz CT molecular complexity index is 1550. The standard InChI is InChI=1S/C35H39N5O5/c1-3-45-29-15-13-25(14-16-29)18-32(39-33(41)28-19-30(44-2)23-37-22-28)35(43)40-31(17-24-7-5-4-6-8-24)34(42)38-21-27-11-9-26(20-36)10-12-27/h4-16,19,22-23,31-32H,3,17-18,20-21,36H2,1-2H3,(H,38,42)(H,39,41)(H,40,43)/t31-,32+/m0/s1. The van der Waals surface area contributed by atoms with Gasteiger partial charge >= 0.3 is 0 Å². The Morgan fingerprint density at radius 1 is 0.756 bits per heavy atom. The zero-order chi connectivity index (χ0) is 32.0. The fraction of sp³-hybridized carbons (Fsp3) is 0.257. The van der Waals surface area contributed by atoms with Crippen LogP contribution in [-0.2, 0) is 35.5 Å². The van der Waals surface area contributed by atoms with Gasteiger partial charge in [0.15, 0.2) is 0 Å². The average Bonchev–Trinajstić information content (AvgIpc) is 3.08.